The fraction of sp³-hybridized carbons (Fsp3) is 0.500. The highest BCUT2D eigenvalue weighted by Gasteiger charge is 2.10. The van der Waals surface area contributed by atoms with E-state index in [-0.39, 0.29) is 0 Å². The normalized spacial score (nSPS) is 17.1. The zero-order valence-electron chi connectivity index (χ0n) is 9.49. The molecule has 2 rings (SSSR count). The van der Waals surface area contributed by atoms with Gasteiger partial charge in [-0.15, -0.1) is 0 Å². The van der Waals surface area contributed by atoms with E-state index in [1.54, 1.807) is 0 Å². The summed E-state index contributed by atoms with van der Waals surface area (Å²) in [5.74, 6) is 0.867. The average Bonchev–Trinajstić information content (AvgIpc) is 2.35. The van der Waals surface area contributed by atoms with Gasteiger partial charge in [0.25, 0.3) is 0 Å². The van der Waals surface area contributed by atoms with E-state index in [1.165, 1.54) is 0 Å². The van der Waals surface area contributed by atoms with Gasteiger partial charge in [-0.2, -0.15) is 0 Å². The molecule has 3 nitrogen and oxygen atoms in total. The summed E-state index contributed by atoms with van der Waals surface area (Å²) in [6, 6.07) is 5.70. The molecule has 0 unspecified atom stereocenters. The van der Waals surface area contributed by atoms with Crippen LogP contribution in [0.25, 0.3) is 0 Å². The van der Waals surface area contributed by atoms with Crippen LogP contribution in [0.1, 0.15) is 0 Å². The lowest BCUT2D eigenvalue weighted by atomic mass is 10.3. The van der Waals surface area contributed by atoms with Crippen molar-refractivity contribution < 1.29 is 9.47 Å². The molecule has 5 heteroatoms. The van der Waals surface area contributed by atoms with Gasteiger partial charge in [-0.3, -0.25) is 4.90 Å². The Kier molecular flexibility index (Phi) is 5.34. The Hall–Kier alpha value is -0.0400. The molecule has 0 atom stereocenters. The van der Waals surface area contributed by atoms with Crippen molar-refractivity contribution in [1.82, 2.24) is 4.90 Å². The molecular weight excluding hydrogens is 352 g/mol. The number of hydrogen-bond acceptors (Lipinski definition) is 3. The van der Waals surface area contributed by atoms with Crippen LogP contribution in [0.4, 0.5) is 0 Å². The number of nitrogens with zero attached hydrogens (tertiary/aromatic N) is 1. The number of halogens is 2. The van der Waals surface area contributed by atoms with Crippen molar-refractivity contribution in [2.24, 2.45) is 0 Å². The van der Waals surface area contributed by atoms with Crippen molar-refractivity contribution >= 4 is 34.2 Å². The maximum Gasteiger partial charge on any atom is 0.134 e. The third-order valence-electron chi connectivity index (χ3n) is 2.66. The van der Waals surface area contributed by atoms with Crippen molar-refractivity contribution in [2.45, 2.75) is 0 Å². The summed E-state index contributed by atoms with van der Waals surface area (Å²) in [6.45, 7) is 5.28. The van der Waals surface area contributed by atoms with Gasteiger partial charge in [0, 0.05) is 24.7 Å². The van der Waals surface area contributed by atoms with Crippen molar-refractivity contribution in [2.75, 3.05) is 39.5 Å². The third-order valence-corrected chi connectivity index (χ3v) is 3.79. The predicted molar refractivity (Wildman–Crippen MR) is 76.9 cm³/mol. The molecule has 0 bridgehead atoms. The lowest BCUT2D eigenvalue weighted by Crippen LogP contribution is -2.38. The fourth-order valence-corrected chi connectivity index (χ4v) is 2.35. The van der Waals surface area contributed by atoms with Crippen LogP contribution in [-0.4, -0.2) is 44.4 Å². The number of rotatable bonds is 4. The summed E-state index contributed by atoms with van der Waals surface area (Å²) in [6.07, 6.45) is 0. The average molecular weight is 368 g/mol. The van der Waals surface area contributed by atoms with Gasteiger partial charge in [0.2, 0.25) is 0 Å². The molecule has 0 radical (unpaired) electrons. The first-order valence-electron chi connectivity index (χ1n) is 5.63. The van der Waals surface area contributed by atoms with E-state index in [2.05, 4.69) is 27.5 Å². The van der Waals surface area contributed by atoms with Crippen molar-refractivity contribution in [3.8, 4) is 5.75 Å². The van der Waals surface area contributed by atoms with Crippen LogP contribution >= 0.6 is 34.2 Å². The zero-order chi connectivity index (χ0) is 12.1. The van der Waals surface area contributed by atoms with Gasteiger partial charge in [0.05, 0.1) is 16.8 Å². The summed E-state index contributed by atoms with van der Waals surface area (Å²) in [5, 5.41) is 0.715. The van der Waals surface area contributed by atoms with E-state index in [4.69, 9.17) is 21.1 Å². The highest BCUT2D eigenvalue weighted by atomic mass is 127. The van der Waals surface area contributed by atoms with Gasteiger partial charge >= 0.3 is 0 Å². The number of hydrogen-bond donors (Lipinski definition) is 0. The van der Waals surface area contributed by atoms with Crippen LogP contribution < -0.4 is 4.74 Å². The zero-order valence-corrected chi connectivity index (χ0v) is 12.4. The van der Waals surface area contributed by atoms with Gasteiger partial charge in [0.1, 0.15) is 12.4 Å². The summed E-state index contributed by atoms with van der Waals surface area (Å²) < 4.78 is 12.1. The molecule has 17 heavy (non-hydrogen) atoms. The second kappa shape index (κ2) is 6.78. The Balaban J connectivity index is 1.79. The lowest BCUT2D eigenvalue weighted by molar-refractivity contribution is 0.0322. The van der Waals surface area contributed by atoms with Crippen LogP contribution in [0.15, 0.2) is 18.2 Å². The second-order valence-electron chi connectivity index (χ2n) is 3.88. The largest absolute Gasteiger partial charge is 0.491 e. The van der Waals surface area contributed by atoms with Crippen LogP contribution in [-0.2, 0) is 4.74 Å². The summed E-state index contributed by atoms with van der Waals surface area (Å²) >= 11 is 8.19. The van der Waals surface area contributed by atoms with Crippen LogP contribution in [0.3, 0.4) is 0 Å². The molecule has 0 N–H and O–H groups in total. The van der Waals surface area contributed by atoms with Gasteiger partial charge in [-0.1, -0.05) is 11.6 Å². The van der Waals surface area contributed by atoms with Crippen LogP contribution in [0, 0.1) is 3.57 Å². The molecule has 0 aromatic heterocycles. The third kappa shape index (κ3) is 4.28. The highest BCUT2D eigenvalue weighted by Crippen LogP contribution is 2.24. The van der Waals surface area contributed by atoms with E-state index in [0.29, 0.717) is 11.6 Å². The highest BCUT2D eigenvalue weighted by molar-refractivity contribution is 14.1. The first kappa shape index (κ1) is 13.4. The van der Waals surface area contributed by atoms with Gasteiger partial charge in [-0.05, 0) is 40.8 Å². The molecule has 1 aliphatic rings. The standard InChI is InChI=1S/C12H15ClINO2/c13-10-1-2-11(14)12(9-10)17-8-5-15-3-6-16-7-4-15/h1-2,9H,3-8H2. The van der Waals surface area contributed by atoms with E-state index < -0.39 is 0 Å². The van der Waals surface area contributed by atoms with E-state index >= 15 is 0 Å². The molecule has 1 aliphatic heterocycles. The van der Waals surface area contributed by atoms with E-state index in [1.807, 2.05) is 18.2 Å². The SMILES string of the molecule is Clc1ccc(I)c(OCCN2CCOCC2)c1. The monoisotopic (exact) mass is 367 g/mol. The van der Waals surface area contributed by atoms with Crippen LogP contribution in [0.5, 0.6) is 5.75 Å². The van der Waals surface area contributed by atoms with Gasteiger partial charge in [-0.25, -0.2) is 0 Å². The van der Waals surface area contributed by atoms with Crippen molar-refractivity contribution in [1.29, 1.82) is 0 Å². The minimum absolute atomic E-state index is 0.691. The Morgan fingerprint density at radius 2 is 2.12 bits per heavy atom. The molecule has 94 valence electrons. The summed E-state index contributed by atoms with van der Waals surface area (Å²) in [5.41, 5.74) is 0. The Morgan fingerprint density at radius 1 is 1.35 bits per heavy atom. The first-order chi connectivity index (χ1) is 8.25. The summed E-state index contributed by atoms with van der Waals surface area (Å²) in [7, 11) is 0. The predicted octanol–water partition coefficient (Wildman–Crippen LogP) is 2.66. The number of benzene rings is 1. The van der Waals surface area contributed by atoms with Crippen molar-refractivity contribution in [3.63, 3.8) is 0 Å². The quantitative estimate of drug-likeness (QED) is 0.764. The molecule has 0 aliphatic carbocycles. The first-order valence-corrected chi connectivity index (χ1v) is 7.09. The Labute approximate surface area is 120 Å². The molecular formula is C12H15ClINO2. The fourth-order valence-electron chi connectivity index (χ4n) is 1.70. The molecule has 0 saturated carbocycles. The minimum atomic E-state index is 0.691. The van der Waals surface area contributed by atoms with Crippen molar-refractivity contribution in [3.05, 3.63) is 26.8 Å². The van der Waals surface area contributed by atoms with Gasteiger partial charge < -0.3 is 9.47 Å². The number of morpholine rings is 1. The molecule has 1 aromatic rings. The molecule has 1 saturated heterocycles. The maximum absolute atomic E-state index is 5.93. The molecule has 1 heterocycles. The Bertz CT molecular complexity index is 370. The second-order valence-corrected chi connectivity index (χ2v) is 5.48. The lowest BCUT2D eigenvalue weighted by Gasteiger charge is -2.26. The maximum atomic E-state index is 5.93. The topological polar surface area (TPSA) is 21.7 Å². The van der Waals surface area contributed by atoms with E-state index in [9.17, 15) is 0 Å². The Morgan fingerprint density at radius 3 is 2.88 bits per heavy atom. The number of ether oxygens (including phenoxy) is 2. The van der Waals surface area contributed by atoms with E-state index in [0.717, 1.165) is 42.2 Å². The molecule has 0 amide bonds. The van der Waals surface area contributed by atoms with Gasteiger partial charge in [0.15, 0.2) is 0 Å². The van der Waals surface area contributed by atoms with Crippen LogP contribution in [0.2, 0.25) is 5.02 Å². The summed E-state index contributed by atoms with van der Waals surface area (Å²) in [4.78, 5) is 2.35. The molecule has 0 spiro atoms. The minimum Gasteiger partial charge on any atom is -0.491 e. The molecule has 1 aromatic carbocycles. The smallest absolute Gasteiger partial charge is 0.134 e. The molecule has 1 fully saturated rings.